The van der Waals surface area contributed by atoms with Gasteiger partial charge >= 0.3 is 0 Å². The van der Waals surface area contributed by atoms with Gasteiger partial charge in [-0.2, -0.15) is 4.72 Å². The van der Waals surface area contributed by atoms with Crippen molar-refractivity contribution in [3.63, 3.8) is 0 Å². The molecule has 0 unspecified atom stereocenters. The zero-order chi connectivity index (χ0) is 20.4. The monoisotopic (exact) mass is 416 g/mol. The van der Waals surface area contributed by atoms with Crippen molar-refractivity contribution in [2.75, 3.05) is 18.5 Å². The summed E-state index contributed by atoms with van der Waals surface area (Å²) in [6.45, 7) is 2.50. The lowest BCUT2D eigenvalue weighted by Gasteiger charge is -2.16. The molecule has 1 amide bonds. The number of benzene rings is 2. The van der Waals surface area contributed by atoms with Gasteiger partial charge in [0.15, 0.2) is 11.5 Å². The molecule has 1 heterocycles. The number of aryl methyl sites for hydroxylation is 2. The Bertz CT molecular complexity index is 1040. The van der Waals surface area contributed by atoms with Crippen molar-refractivity contribution in [2.45, 2.75) is 43.5 Å². The predicted octanol–water partition coefficient (Wildman–Crippen LogP) is 2.64. The van der Waals surface area contributed by atoms with Crippen LogP contribution in [0.3, 0.4) is 0 Å². The number of amides is 1. The van der Waals surface area contributed by atoms with E-state index in [-0.39, 0.29) is 4.90 Å². The van der Waals surface area contributed by atoms with E-state index in [2.05, 4.69) is 10.0 Å². The maximum absolute atomic E-state index is 12.7. The Labute approximate surface area is 170 Å². The molecule has 0 aromatic heterocycles. The van der Waals surface area contributed by atoms with E-state index in [4.69, 9.17) is 9.47 Å². The van der Waals surface area contributed by atoms with E-state index >= 15 is 0 Å². The van der Waals surface area contributed by atoms with Crippen molar-refractivity contribution in [1.82, 2.24) is 4.72 Å². The van der Waals surface area contributed by atoms with Crippen LogP contribution in [-0.4, -0.2) is 33.6 Å². The van der Waals surface area contributed by atoms with Crippen LogP contribution in [-0.2, 0) is 27.7 Å². The number of carbonyl (C=O) groups is 1. The molecule has 4 rings (SSSR count). The van der Waals surface area contributed by atoms with E-state index in [1.807, 2.05) is 18.2 Å². The number of hydrogen-bond acceptors (Lipinski definition) is 5. The highest BCUT2D eigenvalue weighted by Gasteiger charge is 2.24. The van der Waals surface area contributed by atoms with Crippen LogP contribution in [0.2, 0.25) is 0 Å². The van der Waals surface area contributed by atoms with Crippen LogP contribution in [0.15, 0.2) is 41.3 Å². The molecule has 1 aliphatic carbocycles. The summed E-state index contributed by atoms with van der Waals surface area (Å²) in [4.78, 5) is 12.5. The van der Waals surface area contributed by atoms with Gasteiger partial charge in [0.2, 0.25) is 15.9 Å². The second-order valence-corrected chi connectivity index (χ2v) is 9.04. The summed E-state index contributed by atoms with van der Waals surface area (Å²) in [5.74, 6) is 0.491. The Morgan fingerprint density at radius 1 is 0.966 bits per heavy atom. The van der Waals surface area contributed by atoms with Crippen molar-refractivity contribution >= 4 is 21.6 Å². The Morgan fingerprint density at radius 2 is 1.72 bits per heavy atom. The molecule has 7 nitrogen and oxygen atoms in total. The van der Waals surface area contributed by atoms with Gasteiger partial charge in [0.25, 0.3) is 0 Å². The maximum Gasteiger partial charge on any atom is 0.242 e. The van der Waals surface area contributed by atoms with E-state index < -0.39 is 22.0 Å². The van der Waals surface area contributed by atoms with Gasteiger partial charge < -0.3 is 14.8 Å². The average molecular weight is 416 g/mol. The first-order chi connectivity index (χ1) is 13.9. The lowest BCUT2D eigenvalue weighted by Crippen LogP contribution is -2.41. The highest BCUT2D eigenvalue weighted by molar-refractivity contribution is 7.89. The van der Waals surface area contributed by atoms with Crippen LogP contribution in [0.4, 0.5) is 5.69 Å². The van der Waals surface area contributed by atoms with Crippen LogP contribution in [0.5, 0.6) is 11.5 Å². The molecule has 154 valence electrons. The Kier molecular flexibility index (Phi) is 5.47. The van der Waals surface area contributed by atoms with Gasteiger partial charge in [0, 0.05) is 18.2 Å². The van der Waals surface area contributed by atoms with Gasteiger partial charge in [0.1, 0.15) is 0 Å². The quantitative estimate of drug-likeness (QED) is 0.782. The van der Waals surface area contributed by atoms with Crippen LogP contribution in [0, 0.1) is 0 Å². The molecule has 0 fully saturated rings. The van der Waals surface area contributed by atoms with Crippen molar-refractivity contribution in [3.05, 3.63) is 47.5 Å². The molecule has 0 radical (unpaired) electrons. The number of anilines is 1. The fourth-order valence-corrected chi connectivity index (χ4v) is 4.78. The molecule has 2 aliphatic rings. The predicted molar refractivity (Wildman–Crippen MR) is 109 cm³/mol. The number of rotatable bonds is 5. The van der Waals surface area contributed by atoms with Crippen molar-refractivity contribution < 1.29 is 22.7 Å². The third-order valence-electron chi connectivity index (χ3n) is 5.12. The summed E-state index contributed by atoms with van der Waals surface area (Å²) in [5, 5.41) is 2.79. The second-order valence-electron chi connectivity index (χ2n) is 7.33. The van der Waals surface area contributed by atoms with Gasteiger partial charge in [-0.15, -0.1) is 0 Å². The highest BCUT2D eigenvalue weighted by atomic mass is 32.2. The average Bonchev–Trinajstić information content (AvgIpc) is 3.02. The van der Waals surface area contributed by atoms with E-state index in [1.54, 1.807) is 6.07 Å². The standard InChI is InChI=1S/C21H24N2O5S/c1-14(21(24)22-17-7-6-15-4-2-5-16(15)12-17)23-29(25,26)18-8-9-19-20(13-18)28-11-3-10-27-19/h6-9,12-14,23H,2-5,10-11H2,1H3,(H,22,24)/t14-/m1/s1. The van der Waals surface area contributed by atoms with E-state index in [1.165, 1.54) is 30.2 Å². The first-order valence-corrected chi connectivity index (χ1v) is 11.3. The molecule has 1 atom stereocenters. The van der Waals surface area contributed by atoms with Crippen LogP contribution < -0.4 is 19.5 Å². The fourth-order valence-electron chi connectivity index (χ4n) is 3.57. The molecule has 0 spiro atoms. The number of ether oxygens (including phenoxy) is 2. The minimum Gasteiger partial charge on any atom is -0.490 e. The molecule has 29 heavy (non-hydrogen) atoms. The van der Waals surface area contributed by atoms with Crippen LogP contribution in [0.1, 0.15) is 30.9 Å². The zero-order valence-electron chi connectivity index (χ0n) is 16.2. The number of carbonyl (C=O) groups excluding carboxylic acids is 1. The Hall–Kier alpha value is -2.58. The second kappa shape index (κ2) is 8.04. The molecule has 2 aromatic carbocycles. The number of nitrogens with one attached hydrogen (secondary N) is 2. The van der Waals surface area contributed by atoms with E-state index in [0.717, 1.165) is 25.7 Å². The van der Waals surface area contributed by atoms with E-state index in [0.29, 0.717) is 30.4 Å². The topological polar surface area (TPSA) is 93.7 Å². The molecule has 0 bridgehead atoms. The summed E-state index contributed by atoms with van der Waals surface area (Å²) >= 11 is 0. The maximum atomic E-state index is 12.7. The number of sulfonamides is 1. The van der Waals surface area contributed by atoms with Crippen molar-refractivity contribution in [3.8, 4) is 11.5 Å². The summed E-state index contributed by atoms with van der Waals surface area (Å²) < 4.78 is 39.0. The molecular weight excluding hydrogens is 392 g/mol. The fraction of sp³-hybridized carbons (Fsp3) is 0.381. The van der Waals surface area contributed by atoms with Crippen molar-refractivity contribution in [2.24, 2.45) is 0 Å². The largest absolute Gasteiger partial charge is 0.490 e. The molecule has 0 saturated heterocycles. The number of fused-ring (bicyclic) bond motifs is 2. The summed E-state index contributed by atoms with van der Waals surface area (Å²) in [5.41, 5.74) is 3.23. The highest BCUT2D eigenvalue weighted by Crippen LogP contribution is 2.32. The van der Waals surface area contributed by atoms with Gasteiger partial charge in [-0.1, -0.05) is 6.07 Å². The zero-order valence-corrected chi connectivity index (χ0v) is 17.1. The summed E-state index contributed by atoms with van der Waals surface area (Å²) in [7, 11) is -3.90. The SMILES string of the molecule is C[C@@H](NS(=O)(=O)c1ccc2c(c1)OCCCO2)C(=O)Nc1ccc2c(c1)CCC2. The molecule has 2 aromatic rings. The minimum atomic E-state index is -3.90. The first-order valence-electron chi connectivity index (χ1n) is 9.77. The smallest absolute Gasteiger partial charge is 0.242 e. The molecular formula is C21H24N2O5S. The molecule has 2 N–H and O–H groups in total. The Morgan fingerprint density at radius 3 is 2.55 bits per heavy atom. The summed E-state index contributed by atoms with van der Waals surface area (Å²) in [6.07, 6.45) is 3.92. The molecule has 1 aliphatic heterocycles. The van der Waals surface area contributed by atoms with Gasteiger partial charge in [-0.3, -0.25) is 4.79 Å². The molecule has 0 saturated carbocycles. The normalized spacial score (nSPS) is 16.6. The van der Waals surface area contributed by atoms with E-state index in [9.17, 15) is 13.2 Å². The third-order valence-corrected chi connectivity index (χ3v) is 6.66. The lowest BCUT2D eigenvalue weighted by molar-refractivity contribution is -0.117. The van der Waals surface area contributed by atoms with Crippen molar-refractivity contribution in [1.29, 1.82) is 0 Å². The Balaban J connectivity index is 1.44. The van der Waals surface area contributed by atoms with Gasteiger partial charge in [0.05, 0.1) is 24.2 Å². The lowest BCUT2D eigenvalue weighted by atomic mass is 10.1. The van der Waals surface area contributed by atoms with Gasteiger partial charge in [-0.25, -0.2) is 8.42 Å². The number of hydrogen-bond donors (Lipinski definition) is 2. The third kappa shape index (κ3) is 4.38. The van der Waals surface area contributed by atoms with Gasteiger partial charge in [-0.05, 0) is 61.6 Å². The first kappa shape index (κ1) is 19.7. The molecule has 8 heteroatoms. The van der Waals surface area contributed by atoms with Crippen LogP contribution in [0.25, 0.3) is 0 Å². The minimum absolute atomic E-state index is 0.0268. The van der Waals surface area contributed by atoms with Crippen LogP contribution >= 0.6 is 0 Å². The summed E-state index contributed by atoms with van der Waals surface area (Å²) in [6, 6.07) is 9.34.